The zero-order valence-electron chi connectivity index (χ0n) is 14.5. The lowest BCUT2D eigenvalue weighted by molar-refractivity contribution is -0.140. The quantitative estimate of drug-likeness (QED) is 0.797. The number of aliphatic carboxylic acids is 1. The fourth-order valence-electron chi connectivity index (χ4n) is 3.19. The summed E-state index contributed by atoms with van der Waals surface area (Å²) in [5.74, 6) is -1.23. The van der Waals surface area contributed by atoms with Crippen LogP contribution in [0.4, 0.5) is 4.79 Å². The Morgan fingerprint density at radius 3 is 2.19 bits per heavy atom. The van der Waals surface area contributed by atoms with E-state index < -0.39 is 18.1 Å². The number of nitrogens with one attached hydrogen (secondary N) is 1. The van der Waals surface area contributed by atoms with E-state index in [2.05, 4.69) is 17.4 Å². The lowest BCUT2D eigenvalue weighted by atomic mass is 9.98. The van der Waals surface area contributed by atoms with E-state index in [1.54, 1.807) is 6.92 Å². The van der Waals surface area contributed by atoms with Crippen molar-refractivity contribution in [3.8, 4) is 11.1 Å². The highest BCUT2D eigenvalue weighted by Crippen LogP contribution is 2.44. The van der Waals surface area contributed by atoms with Gasteiger partial charge in [0, 0.05) is 12.5 Å². The van der Waals surface area contributed by atoms with E-state index in [9.17, 15) is 9.59 Å². The third-order valence-electron chi connectivity index (χ3n) is 4.42. The predicted molar refractivity (Wildman–Crippen MR) is 96.1 cm³/mol. The molecular formula is C20H21NO5. The van der Waals surface area contributed by atoms with E-state index in [0.717, 1.165) is 22.3 Å². The molecule has 6 nitrogen and oxygen atoms in total. The van der Waals surface area contributed by atoms with E-state index in [4.69, 9.17) is 14.6 Å². The molecule has 0 fully saturated rings. The first-order valence-electron chi connectivity index (χ1n) is 8.54. The fraction of sp³-hybridized carbons (Fsp3) is 0.300. The van der Waals surface area contributed by atoms with Gasteiger partial charge < -0.3 is 19.9 Å². The van der Waals surface area contributed by atoms with Crippen LogP contribution in [0.1, 0.15) is 24.0 Å². The van der Waals surface area contributed by atoms with Gasteiger partial charge in [0.15, 0.2) is 6.04 Å². The third-order valence-corrected chi connectivity index (χ3v) is 4.42. The average molecular weight is 355 g/mol. The molecule has 0 aliphatic heterocycles. The second-order valence-electron chi connectivity index (χ2n) is 6.02. The number of benzene rings is 2. The van der Waals surface area contributed by atoms with Crippen LogP contribution >= 0.6 is 0 Å². The number of carbonyl (C=O) groups is 2. The molecular weight excluding hydrogens is 334 g/mol. The highest BCUT2D eigenvalue weighted by molar-refractivity contribution is 5.81. The molecule has 2 aromatic rings. The van der Waals surface area contributed by atoms with Gasteiger partial charge in [-0.05, 0) is 29.2 Å². The van der Waals surface area contributed by atoms with Crippen molar-refractivity contribution in [1.82, 2.24) is 5.32 Å². The molecule has 0 spiro atoms. The van der Waals surface area contributed by atoms with Gasteiger partial charge in [-0.25, -0.2) is 9.59 Å². The van der Waals surface area contributed by atoms with E-state index in [0.29, 0.717) is 6.61 Å². The minimum atomic E-state index is -1.16. The Balaban J connectivity index is 1.68. The Morgan fingerprint density at radius 1 is 1.08 bits per heavy atom. The zero-order valence-corrected chi connectivity index (χ0v) is 14.5. The highest BCUT2D eigenvalue weighted by Gasteiger charge is 2.29. The number of rotatable bonds is 7. The number of carboxylic acid groups (broad SMARTS) is 1. The molecule has 26 heavy (non-hydrogen) atoms. The van der Waals surface area contributed by atoms with E-state index in [1.165, 1.54) is 0 Å². The normalized spacial score (nSPS) is 13.6. The number of alkyl carbamates (subject to hydrolysis) is 1. The molecule has 3 rings (SSSR count). The molecule has 0 aromatic heterocycles. The van der Waals surface area contributed by atoms with Crippen molar-refractivity contribution < 1.29 is 24.2 Å². The van der Waals surface area contributed by atoms with Crippen molar-refractivity contribution in [1.29, 1.82) is 0 Å². The molecule has 1 atom stereocenters. The number of fused-ring (bicyclic) bond motifs is 3. The lowest BCUT2D eigenvalue weighted by Gasteiger charge is -2.17. The van der Waals surface area contributed by atoms with Crippen LogP contribution in [0, 0.1) is 0 Å². The number of hydrogen-bond acceptors (Lipinski definition) is 4. The van der Waals surface area contributed by atoms with E-state index >= 15 is 0 Å². The van der Waals surface area contributed by atoms with E-state index in [1.807, 2.05) is 36.4 Å². The molecule has 2 aromatic carbocycles. The van der Waals surface area contributed by atoms with Crippen LogP contribution < -0.4 is 5.32 Å². The average Bonchev–Trinajstić information content (AvgIpc) is 2.97. The molecule has 0 saturated heterocycles. The second kappa shape index (κ2) is 8.01. The predicted octanol–water partition coefficient (Wildman–Crippen LogP) is 3.01. The Morgan fingerprint density at radius 2 is 1.65 bits per heavy atom. The maximum atomic E-state index is 12.0. The first-order chi connectivity index (χ1) is 12.6. The summed E-state index contributed by atoms with van der Waals surface area (Å²) in [6.45, 7) is 2.17. The second-order valence-corrected chi connectivity index (χ2v) is 6.02. The first kappa shape index (κ1) is 17.9. The molecule has 2 N–H and O–H groups in total. The van der Waals surface area contributed by atoms with Crippen LogP contribution in [0.3, 0.4) is 0 Å². The SMILES string of the molecule is CCOCC(NC(=O)OCC1c2ccccc2-c2ccccc21)C(=O)O. The number of carboxylic acids is 1. The summed E-state index contributed by atoms with van der Waals surface area (Å²) in [6.07, 6.45) is -0.765. The van der Waals surface area contributed by atoms with Gasteiger partial charge in [-0.2, -0.15) is 0 Å². The van der Waals surface area contributed by atoms with Gasteiger partial charge in [-0.1, -0.05) is 48.5 Å². The monoisotopic (exact) mass is 355 g/mol. The summed E-state index contributed by atoms with van der Waals surface area (Å²) in [5, 5.41) is 11.5. The van der Waals surface area contributed by atoms with Gasteiger partial charge in [0.2, 0.25) is 0 Å². The molecule has 1 aliphatic carbocycles. The number of amides is 1. The largest absolute Gasteiger partial charge is 0.480 e. The van der Waals surface area contributed by atoms with Crippen LogP contribution in [-0.2, 0) is 14.3 Å². The molecule has 1 unspecified atom stereocenters. The summed E-state index contributed by atoms with van der Waals surface area (Å²) in [7, 11) is 0. The Hall–Kier alpha value is -2.86. The molecule has 6 heteroatoms. The Kier molecular flexibility index (Phi) is 5.53. The van der Waals surface area contributed by atoms with Gasteiger partial charge >= 0.3 is 12.1 Å². The molecule has 0 saturated carbocycles. The van der Waals surface area contributed by atoms with Crippen LogP contribution in [-0.4, -0.2) is 43.0 Å². The van der Waals surface area contributed by atoms with Gasteiger partial charge in [0.25, 0.3) is 0 Å². The smallest absolute Gasteiger partial charge is 0.407 e. The molecule has 0 bridgehead atoms. The van der Waals surface area contributed by atoms with E-state index in [-0.39, 0.29) is 19.1 Å². The van der Waals surface area contributed by atoms with Gasteiger partial charge in [-0.15, -0.1) is 0 Å². The van der Waals surface area contributed by atoms with Crippen LogP contribution in [0.25, 0.3) is 11.1 Å². The maximum Gasteiger partial charge on any atom is 0.407 e. The Bertz CT molecular complexity index is 759. The van der Waals surface area contributed by atoms with Gasteiger partial charge in [0.05, 0.1) is 6.61 Å². The molecule has 0 heterocycles. The van der Waals surface area contributed by atoms with Crippen LogP contribution in [0.2, 0.25) is 0 Å². The third kappa shape index (κ3) is 3.70. The topological polar surface area (TPSA) is 84.9 Å². The first-order valence-corrected chi connectivity index (χ1v) is 8.54. The van der Waals surface area contributed by atoms with Crippen molar-refractivity contribution in [3.63, 3.8) is 0 Å². The molecule has 136 valence electrons. The summed E-state index contributed by atoms with van der Waals surface area (Å²) in [6, 6.07) is 14.9. The maximum absolute atomic E-state index is 12.0. The van der Waals surface area contributed by atoms with Crippen molar-refractivity contribution >= 4 is 12.1 Å². The van der Waals surface area contributed by atoms with Crippen molar-refractivity contribution in [3.05, 3.63) is 59.7 Å². The van der Waals surface area contributed by atoms with Crippen molar-refractivity contribution in [2.45, 2.75) is 18.9 Å². The van der Waals surface area contributed by atoms with Gasteiger partial charge in [0.1, 0.15) is 6.61 Å². The lowest BCUT2D eigenvalue weighted by Crippen LogP contribution is -2.44. The fourth-order valence-corrected chi connectivity index (χ4v) is 3.19. The number of hydrogen-bond donors (Lipinski definition) is 2. The summed E-state index contributed by atoms with van der Waals surface area (Å²) >= 11 is 0. The van der Waals surface area contributed by atoms with Crippen molar-refractivity contribution in [2.24, 2.45) is 0 Å². The molecule has 1 aliphatic rings. The minimum Gasteiger partial charge on any atom is -0.480 e. The van der Waals surface area contributed by atoms with Crippen LogP contribution in [0.15, 0.2) is 48.5 Å². The number of carbonyl (C=O) groups excluding carboxylic acids is 1. The summed E-state index contributed by atoms with van der Waals surface area (Å²) < 4.78 is 10.4. The van der Waals surface area contributed by atoms with Crippen molar-refractivity contribution in [2.75, 3.05) is 19.8 Å². The Labute approximate surface area is 151 Å². The number of ether oxygens (including phenoxy) is 2. The zero-order chi connectivity index (χ0) is 18.5. The summed E-state index contributed by atoms with van der Waals surface area (Å²) in [5.41, 5.74) is 4.48. The van der Waals surface area contributed by atoms with Crippen LogP contribution in [0.5, 0.6) is 0 Å². The molecule has 1 amide bonds. The highest BCUT2D eigenvalue weighted by atomic mass is 16.5. The molecule has 0 radical (unpaired) electrons. The minimum absolute atomic E-state index is 0.0664. The van der Waals surface area contributed by atoms with Gasteiger partial charge in [-0.3, -0.25) is 0 Å². The standard InChI is InChI=1S/C20H21NO5/c1-2-25-12-18(19(22)23)21-20(24)26-11-17-15-9-5-3-7-13(15)14-8-4-6-10-16(14)17/h3-10,17-18H,2,11-12H2,1H3,(H,21,24)(H,22,23). The summed E-state index contributed by atoms with van der Waals surface area (Å²) in [4.78, 5) is 23.2.